The van der Waals surface area contributed by atoms with Crippen molar-refractivity contribution in [2.45, 2.75) is 78.7 Å². The second-order valence-corrected chi connectivity index (χ2v) is 11.7. The van der Waals surface area contributed by atoms with Crippen LogP contribution in [0.4, 0.5) is 0 Å². The lowest BCUT2D eigenvalue weighted by atomic mass is 9.92. The smallest absolute Gasteiger partial charge is 0.303 e. The highest BCUT2D eigenvalue weighted by Crippen LogP contribution is 2.33. The van der Waals surface area contributed by atoms with Crippen molar-refractivity contribution < 1.29 is 29.4 Å². The maximum Gasteiger partial charge on any atom is 0.303 e. The van der Waals surface area contributed by atoms with E-state index in [9.17, 15) is 29.4 Å². The summed E-state index contributed by atoms with van der Waals surface area (Å²) in [5.41, 5.74) is 8.62. The van der Waals surface area contributed by atoms with E-state index in [1.54, 1.807) is 6.08 Å². The number of carboxylic acids is 2. The van der Waals surface area contributed by atoms with Crippen molar-refractivity contribution in [3.8, 4) is 0 Å². The second kappa shape index (κ2) is 12.9. The molecule has 0 bridgehead atoms. The number of aromatic nitrogens is 2. The number of allylic oxidation sites excluding steroid dienone is 1. The number of aliphatic carboxylic acids is 2. The van der Waals surface area contributed by atoms with Crippen LogP contribution < -0.4 is 10.6 Å². The molecule has 2 aliphatic heterocycles. The minimum atomic E-state index is -0.900. The Hall–Kier alpha value is -4.34. The molecule has 0 radical (unpaired) electrons. The van der Waals surface area contributed by atoms with Gasteiger partial charge in [0.15, 0.2) is 0 Å². The van der Waals surface area contributed by atoms with Gasteiger partial charge in [0.05, 0.1) is 12.0 Å². The van der Waals surface area contributed by atoms with Gasteiger partial charge in [-0.25, -0.2) is 0 Å². The summed E-state index contributed by atoms with van der Waals surface area (Å²) in [4.78, 5) is 54.8. The Morgan fingerprint density at radius 1 is 0.930 bits per heavy atom. The first kappa shape index (κ1) is 31.6. The van der Waals surface area contributed by atoms with Crippen LogP contribution in [0.5, 0.6) is 0 Å². The molecule has 1 unspecified atom stereocenters. The molecule has 10 heteroatoms. The summed E-state index contributed by atoms with van der Waals surface area (Å²) >= 11 is 0. The van der Waals surface area contributed by atoms with E-state index in [1.165, 1.54) is 0 Å². The summed E-state index contributed by atoms with van der Waals surface area (Å²) in [6, 6.07) is -0.277. The van der Waals surface area contributed by atoms with Gasteiger partial charge in [0, 0.05) is 66.0 Å². The van der Waals surface area contributed by atoms with Crippen molar-refractivity contribution in [3.05, 3.63) is 75.5 Å². The Balaban J connectivity index is 1.73. The SMILES string of the molecule is C=CC1C(=C)[C@@H](Cc2[nH]c(Cc3[nH]c(/C=C4\NC(=O)[C@H](C)[C@H]4CC)c(C)c3CCC(=O)O)c(CCC(=O)O)c2C)NC1=O. The zero-order valence-corrected chi connectivity index (χ0v) is 25.4. The van der Waals surface area contributed by atoms with Gasteiger partial charge in [-0.1, -0.05) is 26.5 Å². The van der Waals surface area contributed by atoms with E-state index in [4.69, 9.17) is 0 Å². The van der Waals surface area contributed by atoms with Crippen molar-refractivity contribution in [1.82, 2.24) is 20.6 Å². The lowest BCUT2D eigenvalue weighted by Crippen LogP contribution is -2.28. The lowest BCUT2D eigenvalue weighted by molar-refractivity contribution is -0.138. The highest BCUT2D eigenvalue weighted by atomic mass is 16.4. The van der Waals surface area contributed by atoms with Gasteiger partial charge in [0.2, 0.25) is 11.8 Å². The average Bonchev–Trinajstić information content (AvgIpc) is 3.59. The Morgan fingerprint density at radius 2 is 1.53 bits per heavy atom. The van der Waals surface area contributed by atoms with E-state index in [2.05, 4.69) is 33.8 Å². The van der Waals surface area contributed by atoms with Gasteiger partial charge in [-0.15, -0.1) is 6.58 Å². The van der Waals surface area contributed by atoms with E-state index in [0.29, 0.717) is 25.7 Å². The van der Waals surface area contributed by atoms with Crippen LogP contribution in [0, 0.1) is 31.6 Å². The molecular formula is C33H42N4O6. The average molecular weight is 591 g/mol. The summed E-state index contributed by atoms with van der Waals surface area (Å²) in [6.45, 7) is 15.7. The van der Waals surface area contributed by atoms with Gasteiger partial charge in [0.25, 0.3) is 0 Å². The number of carbonyl (C=O) groups is 4. The normalized spacial score (nSPS) is 22.7. The number of carboxylic acid groups (broad SMARTS) is 2. The Labute approximate surface area is 251 Å². The molecule has 4 heterocycles. The molecule has 43 heavy (non-hydrogen) atoms. The van der Waals surface area contributed by atoms with Gasteiger partial charge >= 0.3 is 11.9 Å². The van der Waals surface area contributed by atoms with E-state index >= 15 is 0 Å². The van der Waals surface area contributed by atoms with Crippen molar-refractivity contribution in [2.75, 3.05) is 0 Å². The fraction of sp³-hybridized carbons (Fsp3) is 0.455. The molecule has 6 N–H and O–H groups in total. The monoisotopic (exact) mass is 590 g/mol. The Morgan fingerprint density at radius 3 is 2.09 bits per heavy atom. The summed E-state index contributed by atoms with van der Waals surface area (Å²) in [5, 5.41) is 24.9. The number of aromatic amines is 2. The van der Waals surface area contributed by atoms with Crippen molar-refractivity contribution in [2.24, 2.45) is 17.8 Å². The number of nitrogens with one attached hydrogen (secondary N) is 4. The number of hydrogen-bond acceptors (Lipinski definition) is 4. The lowest BCUT2D eigenvalue weighted by Gasteiger charge is -2.12. The predicted octanol–water partition coefficient (Wildman–Crippen LogP) is 4.12. The van der Waals surface area contributed by atoms with Gasteiger partial charge in [-0.2, -0.15) is 0 Å². The fourth-order valence-electron chi connectivity index (χ4n) is 6.51. The van der Waals surface area contributed by atoms with Crippen LogP contribution in [0.2, 0.25) is 0 Å². The van der Waals surface area contributed by atoms with Crippen LogP contribution in [0.25, 0.3) is 6.08 Å². The number of H-pyrrole nitrogens is 2. The first-order valence-electron chi connectivity index (χ1n) is 14.8. The van der Waals surface area contributed by atoms with Gasteiger partial charge in [-0.05, 0) is 67.0 Å². The summed E-state index contributed by atoms with van der Waals surface area (Å²) < 4.78 is 0. The standard InChI is InChI=1S/C33H42N4O6/c1-7-20-19(6)32(42)37-27(20)14-25-18(5)23(10-12-31(40)41)29(35-25)15-28-22(9-11-30(38)39)17(4)24(34-28)13-26-16(3)21(8-2)33(43)36-26/h8,14,19-21,26,34-35H,2-3,7,9-13,15H2,1,4-6H3,(H,36,43)(H,37,42)(H,38,39)(H,40,41)/b27-14-/t19-,20-,21?,26-/m1/s1. The Bertz CT molecular complexity index is 1510. The molecule has 0 aliphatic carbocycles. The van der Waals surface area contributed by atoms with Crippen molar-refractivity contribution >= 4 is 29.8 Å². The highest BCUT2D eigenvalue weighted by molar-refractivity contribution is 5.88. The fourth-order valence-corrected chi connectivity index (χ4v) is 6.51. The van der Waals surface area contributed by atoms with Gasteiger partial charge in [-0.3, -0.25) is 19.2 Å². The third kappa shape index (κ3) is 6.53. The van der Waals surface area contributed by atoms with Gasteiger partial charge in [0.1, 0.15) is 0 Å². The topological polar surface area (TPSA) is 164 Å². The molecule has 2 aromatic rings. The van der Waals surface area contributed by atoms with Crippen molar-refractivity contribution in [3.63, 3.8) is 0 Å². The summed E-state index contributed by atoms with van der Waals surface area (Å²) in [7, 11) is 0. The molecule has 2 fully saturated rings. The molecular weight excluding hydrogens is 548 g/mol. The van der Waals surface area contributed by atoms with Gasteiger partial charge < -0.3 is 30.8 Å². The second-order valence-electron chi connectivity index (χ2n) is 11.7. The maximum absolute atomic E-state index is 12.4. The van der Waals surface area contributed by atoms with Crippen LogP contribution in [0.15, 0.2) is 30.5 Å². The quantitative estimate of drug-likeness (QED) is 0.192. The molecule has 2 saturated heterocycles. The van der Waals surface area contributed by atoms with Crippen LogP contribution in [-0.2, 0) is 44.9 Å². The number of hydrogen-bond donors (Lipinski definition) is 6. The molecule has 2 amide bonds. The third-order valence-corrected chi connectivity index (χ3v) is 9.12. The highest BCUT2D eigenvalue weighted by Gasteiger charge is 2.35. The van der Waals surface area contributed by atoms with Crippen LogP contribution >= 0.6 is 0 Å². The summed E-state index contributed by atoms with van der Waals surface area (Å²) in [5.74, 6) is -2.44. The number of carbonyl (C=O) groups excluding carboxylic acids is 2. The predicted molar refractivity (Wildman–Crippen MR) is 163 cm³/mol. The van der Waals surface area contributed by atoms with E-state index < -0.39 is 17.9 Å². The summed E-state index contributed by atoms with van der Waals surface area (Å²) in [6.07, 6.45) is 5.80. The molecule has 10 nitrogen and oxygen atoms in total. The zero-order chi connectivity index (χ0) is 31.6. The third-order valence-electron chi connectivity index (χ3n) is 9.12. The van der Waals surface area contributed by atoms with Crippen molar-refractivity contribution in [1.29, 1.82) is 0 Å². The van der Waals surface area contributed by atoms with E-state index in [0.717, 1.165) is 62.7 Å². The molecule has 0 spiro atoms. The number of rotatable bonds is 13. The Kier molecular flexibility index (Phi) is 9.47. The first-order chi connectivity index (χ1) is 20.4. The zero-order valence-electron chi connectivity index (χ0n) is 25.4. The largest absolute Gasteiger partial charge is 0.481 e. The molecule has 4 rings (SSSR count). The maximum atomic E-state index is 12.4. The first-order valence-corrected chi connectivity index (χ1v) is 14.8. The van der Waals surface area contributed by atoms with Crippen LogP contribution in [-0.4, -0.2) is 50.0 Å². The molecule has 0 saturated carbocycles. The molecule has 230 valence electrons. The molecule has 0 aromatic carbocycles. The molecule has 2 aliphatic rings. The van der Waals surface area contributed by atoms with Crippen LogP contribution in [0.1, 0.15) is 78.1 Å². The molecule has 4 atom stereocenters. The van der Waals surface area contributed by atoms with Crippen LogP contribution in [0.3, 0.4) is 0 Å². The minimum absolute atomic E-state index is 0.00774. The number of amides is 2. The van der Waals surface area contributed by atoms with E-state index in [1.807, 2.05) is 33.8 Å². The minimum Gasteiger partial charge on any atom is -0.481 e. The molecule has 2 aromatic heterocycles. The van der Waals surface area contributed by atoms with E-state index in [-0.39, 0.29) is 42.5 Å².